The summed E-state index contributed by atoms with van der Waals surface area (Å²) in [7, 11) is 0. The van der Waals surface area contributed by atoms with Gasteiger partial charge in [0, 0.05) is 22.8 Å². The minimum absolute atomic E-state index is 0.000882. The van der Waals surface area contributed by atoms with Gasteiger partial charge in [-0.3, -0.25) is 4.79 Å². The van der Waals surface area contributed by atoms with Crippen LogP contribution < -0.4 is 10.6 Å². The van der Waals surface area contributed by atoms with E-state index in [1.807, 2.05) is 37.4 Å². The first kappa shape index (κ1) is 24.3. The summed E-state index contributed by atoms with van der Waals surface area (Å²) in [6, 6.07) is 3.92. The molecule has 1 aromatic carbocycles. The number of fused-ring (bicyclic) bond motifs is 1. The van der Waals surface area contributed by atoms with Crippen LogP contribution in [0.5, 0.6) is 0 Å². The maximum absolute atomic E-state index is 12.3. The Morgan fingerprint density at radius 3 is 2.66 bits per heavy atom. The van der Waals surface area contributed by atoms with Crippen LogP contribution in [0, 0.1) is 0 Å². The average Bonchev–Trinajstić information content (AvgIpc) is 3.02. The number of nitrogens with one attached hydrogen (secondary N) is 2. The van der Waals surface area contributed by atoms with Gasteiger partial charge in [-0.25, -0.2) is 9.25 Å². The van der Waals surface area contributed by atoms with Gasteiger partial charge < -0.3 is 15.4 Å². The second-order valence-corrected chi connectivity index (χ2v) is 10.6. The number of aromatic nitrogens is 2. The van der Waals surface area contributed by atoms with Crippen LogP contribution in [0.15, 0.2) is 22.8 Å². The van der Waals surface area contributed by atoms with Crippen LogP contribution in [0.2, 0.25) is 0 Å². The molecule has 0 spiro atoms. The number of anilines is 1. The molecule has 2 aromatic rings. The van der Waals surface area contributed by atoms with E-state index in [1.165, 1.54) is 0 Å². The first-order valence-corrected chi connectivity index (χ1v) is 14.4. The predicted octanol–water partition coefficient (Wildman–Crippen LogP) is 6.00. The minimum atomic E-state index is -0.480. The van der Waals surface area contributed by atoms with Gasteiger partial charge in [0.15, 0.2) is 0 Å². The molecule has 1 heterocycles. The minimum Gasteiger partial charge on any atom is -0.444 e. The highest BCUT2D eigenvalue weighted by Gasteiger charge is 2.15. The fourth-order valence-electron chi connectivity index (χ4n) is 2.74. The van der Waals surface area contributed by atoms with Crippen molar-refractivity contribution >= 4 is 72.9 Å². The zero-order valence-corrected chi connectivity index (χ0v) is 21.6. The predicted molar refractivity (Wildman–Crippen MR) is 131 cm³/mol. The van der Waals surface area contributed by atoms with Crippen molar-refractivity contribution in [1.29, 1.82) is 0 Å². The third-order valence-corrected chi connectivity index (χ3v) is 6.35. The largest absolute Gasteiger partial charge is 0.444 e. The lowest BCUT2D eigenvalue weighted by atomic mass is 10.1. The Kier molecular flexibility index (Phi) is 9.62. The summed E-state index contributed by atoms with van der Waals surface area (Å²) in [4.78, 5) is 23.9. The van der Waals surface area contributed by atoms with Crippen LogP contribution in [0.4, 0.5) is 10.5 Å². The van der Waals surface area contributed by atoms with Crippen LogP contribution in [0.1, 0.15) is 52.9 Å². The standard InChI is InChI=1S/C19H27BrIN4O3P/c1-19(2,3)28-18(27)22-9-7-5-4-6-8-17(26)24-15-10-13(20)11-16-14(15)12-23-25(16)29-21/h10-12,29H,4-9H2,1-3H3,(H,22,27)(H,24,26). The smallest absolute Gasteiger partial charge is 0.407 e. The summed E-state index contributed by atoms with van der Waals surface area (Å²) in [6.07, 6.45) is 5.94. The molecule has 0 radical (unpaired) electrons. The molecule has 0 saturated heterocycles. The first-order valence-electron chi connectivity index (χ1n) is 9.50. The van der Waals surface area contributed by atoms with Gasteiger partial charge in [-0.15, -0.1) is 0 Å². The number of unbranched alkanes of at least 4 members (excludes halogenated alkanes) is 3. The van der Waals surface area contributed by atoms with Gasteiger partial charge in [-0.1, -0.05) is 28.8 Å². The number of hydrogen-bond acceptors (Lipinski definition) is 4. The normalized spacial score (nSPS) is 11.9. The fourth-order valence-corrected chi connectivity index (χ4v) is 4.72. The molecule has 29 heavy (non-hydrogen) atoms. The molecule has 1 aromatic heterocycles. The van der Waals surface area contributed by atoms with Gasteiger partial charge in [0.1, 0.15) is 5.60 Å². The Labute approximate surface area is 194 Å². The third-order valence-electron chi connectivity index (χ3n) is 4.01. The maximum atomic E-state index is 12.3. The number of ether oxygens (including phenoxy) is 1. The molecule has 160 valence electrons. The Hall–Kier alpha value is -0.930. The van der Waals surface area contributed by atoms with E-state index < -0.39 is 5.60 Å². The van der Waals surface area contributed by atoms with Crippen molar-refractivity contribution in [2.24, 2.45) is 0 Å². The molecule has 0 fully saturated rings. The second kappa shape index (κ2) is 11.5. The summed E-state index contributed by atoms with van der Waals surface area (Å²) in [6.45, 7) is 6.10. The second-order valence-electron chi connectivity index (χ2n) is 7.67. The number of alkyl carbamates (subject to hydrolysis) is 1. The van der Waals surface area contributed by atoms with Crippen molar-refractivity contribution < 1.29 is 14.3 Å². The zero-order chi connectivity index (χ0) is 21.4. The Morgan fingerprint density at radius 1 is 1.24 bits per heavy atom. The number of halogens is 2. The number of carbonyl (C=O) groups is 2. The molecule has 1 atom stereocenters. The molecule has 2 N–H and O–H groups in total. The van der Waals surface area contributed by atoms with Crippen LogP contribution in [-0.4, -0.2) is 33.7 Å². The Balaban J connectivity index is 1.69. The quantitative estimate of drug-likeness (QED) is 0.211. The van der Waals surface area contributed by atoms with Crippen LogP contribution in [-0.2, 0) is 9.53 Å². The molecule has 1 unspecified atom stereocenters. The van der Waals surface area contributed by atoms with E-state index in [2.05, 4.69) is 53.7 Å². The fraction of sp³-hybridized carbons (Fsp3) is 0.526. The SMILES string of the molecule is CC(C)(C)OC(=O)NCCCCCCC(=O)Nc1cc(Br)cc2c1cnn2PI. The third kappa shape index (κ3) is 8.38. The van der Waals surface area contributed by atoms with Gasteiger partial charge in [-0.05, 0) is 67.8 Å². The Morgan fingerprint density at radius 2 is 1.97 bits per heavy atom. The van der Waals surface area contributed by atoms with E-state index in [0.29, 0.717) is 19.3 Å². The van der Waals surface area contributed by atoms with Crippen molar-refractivity contribution in [2.45, 2.75) is 58.5 Å². The molecule has 10 heteroatoms. The van der Waals surface area contributed by atoms with Gasteiger partial charge in [0.2, 0.25) is 5.91 Å². The number of nitrogens with zero attached hydrogens (tertiary/aromatic N) is 2. The summed E-state index contributed by atoms with van der Waals surface area (Å²) in [5.41, 5.74) is 1.30. The Bertz CT molecular complexity index is 854. The average molecular weight is 597 g/mol. The number of rotatable bonds is 9. The summed E-state index contributed by atoms with van der Waals surface area (Å²) >= 11 is 5.79. The van der Waals surface area contributed by atoms with Gasteiger partial charge in [0.05, 0.1) is 23.8 Å². The molecule has 2 amide bonds. The van der Waals surface area contributed by atoms with E-state index in [0.717, 1.165) is 46.7 Å². The lowest BCUT2D eigenvalue weighted by Gasteiger charge is -2.19. The van der Waals surface area contributed by atoms with E-state index in [4.69, 9.17) is 4.74 Å². The molecule has 0 saturated carbocycles. The van der Waals surface area contributed by atoms with Crippen molar-refractivity contribution in [1.82, 2.24) is 14.9 Å². The number of carbonyl (C=O) groups excluding carboxylic acids is 2. The lowest BCUT2D eigenvalue weighted by Crippen LogP contribution is -2.32. The van der Waals surface area contributed by atoms with Crippen LogP contribution in [0.3, 0.4) is 0 Å². The van der Waals surface area contributed by atoms with E-state index in [9.17, 15) is 9.59 Å². The van der Waals surface area contributed by atoms with E-state index >= 15 is 0 Å². The van der Waals surface area contributed by atoms with E-state index in [1.54, 1.807) is 6.20 Å². The molecule has 7 nitrogen and oxygen atoms in total. The number of hydrogen-bond donors (Lipinski definition) is 2. The van der Waals surface area contributed by atoms with Gasteiger partial charge in [0.25, 0.3) is 0 Å². The molecule has 0 aliphatic heterocycles. The maximum Gasteiger partial charge on any atom is 0.407 e. The van der Waals surface area contributed by atoms with Crippen LogP contribution >= 0.6 is 44.3 Å². The summed E-state index contributed by atoms with van der Waals surface area (Å²) in [5.74, 6) is 0.000882. The lowest BCUT2D eigenvalue weighted by molar-refractivity contribution is -0.116. The van der Waals surface area contributed by atoms with Crippen molar-refractivity contribution in [3.63, 3.8) is 0 Å². The first-order chi connectivity index (χ1) is 13.7. The highest BCUT2D eigenvalue weighted by atomic mass is 127. The number of benzene rings is 1. The highest BCUT2D eigenvalue weighted by Crippen LogP contribution is 2.34. The van der Waals surface area contributed by atoms with Crippen molar-refractivity contribution in [3.8, 4) is 0 Å². The zero-order valence-electron chi connectivity index (χ0n) is 16.8. The highest BCUT2D eigenvalue weighted by molar-refractivity contribution is 14.2. The topological polar surface area (TPSA) is 85.2 Å². The molecule has 0 aliphatic carbocycles. The molecule has 0 aliphatic rings. The molecular weight excluding hydrogens is 570 g/mol. The molecule has 0 bridgehead atoms. The molecular formula is C19H27BrIN4O3P. The van der Waals surface area contributed by atoms with Gasteiger partial charge >= 0.3 is 6.09 Å². The van der Waals surface area contributed by atoms with Gasteiger partial charge in [-0.2, -0.15) is 5.10 Å². The van der Waals surface area contributed by atoms with Crippen molar-refractivity contribution in [3.05, 3.63) is 22.8 Å². The summed E-state index contributed by atoms with van der Waals surface area (Å²) in [5, 5.41) is 11.1. The summed E-state index contributed by atoms with van der Waals surface area (Å²) < 4.78 is 8.02. The van der Waals surface area contributed by atoms with E-state index in [-0.39, 0.29) is 12.0 Å². The van der Waals surface area contributed by atoms with Crippen LogP contribution in [0.25, 0.3) is 10.9 Å². The monoisotopic (exact) mass is 596 g/mol. The molecule has 2 rings (SSSR count). The van der Waals surface area contributed by atoms with Crippen molar-refractivity contribution in [2.75, 3.05) is 11.9 Å². The number of amides is 2.